The fourth-order valence-corrected chi connectivity index (χ4v) is 6.91. The van der Waals surface area contributed by atoms with Gasteiger partial charge >= 0.3 is 0 Å². The molecule has 3 aliphatic rings. The molecule has 36 heavy (non-hydrogen) atoms. The number of benzene rings is 1. The van der Waals surface area contributed by atoms with Crippen molar-refractivity contribution in [2.75, 3.05) is 42.1 Å². The highest BCUT2D eigenvalue weighted by atomic mass is 32.2. The van der Waals surface area contributed by atoms with E-state index < -0.39 is 10.0 Å². The Labute approximate surface area is 215 Å². The van der Waals surface area contributed by atoms with E-state index in [4.69, 9.17) is 4.98 Å². The van der Waals surface area contributed by atoms with Crippen LogP contribution in [-0.4, -0.2) is 67.3 Å². The quantitative estimate of drug-likeness (QED) is 0.546. The van der Waals surface area contributed by atoms with Crippen molar-refractivity contribution in [3.05, 3.63) is 42.2 Å². The number of nitrogens with one attached hydrogen (secondary N) is 2. The van der Waals surface area contributed by atoms with Crippen LogP contribution in [-0.2, 0) is 10.0 Å². The van der Waals surface area contributed by atoms with Crippen molar-refractivity contribution in [1.29, 1.82) is 0 Å². The molecule has 3 fully saturated rings. The maximum Gasteiger partial charge on any atom is 0.211 e. The zero-order valence-corrected chi connectivity index (χ0v) is 22.2. The van der Waals surface area contributed by atoms with Crippen LogP contribution in [0.25, 0.3) is 0 Å². The molecule has 0 unspecified atom stereocenters. The highest BCUT2D eigenvalue weighted by Crippen LogP contribution is 2.33. The molecule has 2 aliphatic heterocycles. The van der Waals surface area contributed by atoms with E-state index in [1.165, 1.54) is 57.2 Å². The lowest BCUT2D eigenvalue weighted by Crippen LogP contribution is -2.48. The van der Waals surface area contributed by atoms with Gasteiger partial charge in [-0.05, 0) is 82.2 Å². The summed E-state index contributed by atoms with van der Waals surface area (Å²) in [5.41, 5.74) is 2.43. The first-order chi connectivity index (χ1) is 17.5. The summed E-state index contributed by atoms with van der Waals surface area (Å²) in [4.78, 5) is 14.0. The summed E-state index contributed by atoms with van der Waals surface area (Å²) >= 11 is 0. The minimum atomic E-state index is -3.22. The number of aromatic nitrogens is 2. The number of hydrogen-bond acceptors (Lipinski definition) is 7. The molecule has 1 aliphatic carbocycles. The number of rotatable bonds is 8. The van der Waals surface area contributed by atoms with Gasteiger partial charge in [-0.3, -0.25) is 4.98 Å². The van der Waals surface area contributed by atoms with Crippen molar-refractivity contribution < 1.29 is 8.42 Å². The van der Waals surface area contributed by atoms with Crippen molar-refractivity contribution in [1.82, 2.24) is 19.6 Å². The summed E-state index contributed by atoms with van der Waals surface area (Å²) in [5.74, 6) is 2.21. The summed E-state index contributed by atoms with van der Waals surface area (Å²) in [6.07, 6.45) is 13.3. The SMILES string of the molecule is CCS(=O)(=O)N[C@@H]1CCCN(c2cncc(Nc3ccc(C4CCN(C5CCCC5)CC4)cc3)n2)C1. The third-order valence-corrected chi connectivity index (χ3v) is 9.57. The maximum absolute atomic E-state index is 12.0. The van der Waals surface area contributed by atoms with E-state index in [1.54, 1.807) is 19.3 Å². The van der Waals surface area contributed by atoms with Crippen molar-refractivity contribution in [2.24, 2.45) is 0 Å². The van der Waals surface area contributed by atoms with Crippen molar-refractivity contribution in [3.8, 4) is 0 Å². The molecule has 2 saturated heterocycles. The monoisotopic (exact) mass is 512 g/mol. The predicted molar refractivity (Wildman–Crippen MR) is 145 cm³/mol. The van der Waals surface area contributed by atoms with E-state index in [9.17, 15) is 8.42 Å². The second-order valence-electron chi connectivity index (χ2n) is 10.6. The second-order valence-corrected chi connectivity index (χ2v) is 12.6. The Morgan fingerprint density at radius 1 is 0.944 bits per heavy atom. The molecule has 5 rings (SSSR count). The molecule has 196 valence electrons. The maximum atomic E-state index is 12.0. The van der Waals surface area contributed by atoms with E-state index in [0.717, 1.165) is 36.9 Å². The van der Waals surface area contributed by atoms with E-state index >= 15 is 0 Å². The molecule has 0 radical (unpaired) electrons. The highest BCUT2D eigenvalue weighted by molar-refractivity contribution is 7.89. The first-order valence-electron chi connectivity index (χ1n) is 13.7. The van der Waals surface area contributed by atoms with Gasteiger partial charge in [-0.15, -0.1) is 0 Å². The number of likely N-dealkylation sites (tertiary alicyclic amines) is 1. The number of piperidine rings is 2. The van der Waals surface area contributed by atoms with Crippen LogP contribution in [0.15, 0.2) is 36.7 Å². The number of sulfonamides is 1. The zero-order chi connectivity index (χ0) is 25.0. The highest BCUT2D eigenvalue weighted by Gasteiger charge is 2.28. The van der Waals surface area contributed by atoms with Gasteiger partial charge in [-0.25, -0.2) is 18.1 Å². The molecule has 0 bridgehead atoms. The van der Waals surface area contributed by atoms with Gasteiger partial charge in [0.2, 0.25) is 10.0 Å². The third kappa shape index (κ3) is 6.36. The molecular weight excluding hydrogens is 472 g/mol. The molecule has 2 aromatic rings. The largest absolute Gasteiger partial charge is 0.354 e. The average molecular weight is 513 g/mol. The fraction of sp³-hybridized carbons (Fsp3) is 0.630. The molecule has 1 aromatic carbocycles. The summed E-state index contributed by atoms with van der Waals surface area (Å²) in [5, 5.41) is 3.40. The molecule has 2 N–H and O–H groups in total. The smallest absolute Gasteiger partial charge is 0.211 e. The zero-order valence-electron chi connectivity index (χ0n) is 21.4. The Morgan fingerprint density at radius 2 is 1.69 bits per heavy atom. The van der Waals surface area contributed by atoms with Crippen LogP contribution in [0.2, 0.25) is 0 Å². The van der Waals surface area contributed by atoms with Crippen LogP contribution >= 0.6 is 0 Å². The fourth-order valence-electron chi connectivity index (χ4n) is 6.04. The molecule has 1 saturated carbocycles. The van der Waals surface area contributed by atoms with Gasteiger partial charge in [0.05, 0.1) is 18.1 Å². The number of anilines is 3. The number of hydrogen-bond donors (Lipinski definition) is 2. The van der Waals surface area contributed by atoms with Gasteiger partial charge in [0, 0.05) is 30.9 Å². The summed E-state index contributed by atoms with van der Waals surface area (Å²) in [6.45, 7) is 5.57. The summed E-state index contributed by atoms with van der Waals surface area (Å²) in [7, 11) is -3.22. The second kappa shape index (κ2) is 11.4. The van der Waals surface area contributed by atoms with Gasteiger partial charge in [0.1, 0.15) is 5.82 Å². The summed E-state index contributed by atoms with van der Waals surface area (Å²) in [6, 6.07) is 9.54. The average Bonchev–Trinajstić information content (AvgIpc) is 3.45. The first-order valence-corrected chi connectivity index (χ1v) is 15.3. The lowest BCUT2D eigenvalue weighted by atomic mass is 9.88. The minimum absolute atomic E-state index is 0.0975. The molecule has 1 aromatic heterocycles. The van der Waals surface area contributed by atoms with Gasteiger partial charge in [-0.1, -0.05) is 25.0 Å². The normalized spacial score (nSPS) is 22.7. The lowest BCUT2D eigenvalue weighted by molar-refractivity contribution is 0.154. The molecule has 9 heteroatoms. The van der Waals surface area contributed by atoms with Gasteiger partial charge in [-0.2, -0.15) is 0 Å². The van der Waals surface area contributed by atoms with Crippen LogP contribution < -0.4 is 14.9 Å². The third-order valence-electron chi connectivity index (χ3n) is 8.12. The van der Waals surface area contributed by atoms with Crippen molar-refractivity contribution >= 4 is 27.3 Å². The topological polar surface area (TPSA) is 90.5 Å². The Bertz CT molecular complexity index is 1100. The Balaban J connectivity index is 1.16. The van der Waals surface area contributed by atoms with Crippen molar-refractivity contribution in [2.45, 2.75) is 76.3 Å². The summed E-state index contributed by atoms with van der Waals surface area (Å²) < 4.78 is 26.8. The van der Waals surface area contributed by atoms with Crippen LogP contribution in [0.5, 0.6) is 0 Å². The Hall–Kier alpha value is -2.23. The van der Waals surface area contributed by atoms with Gasteiger partial charge in [0.15, 0.2) is 5.82 Å². The minimum Gasteiger partial charge on any atom is -0.354 e. The van der Waals surface area contributed by atoms with E-state index in [0.29, 0.717) is 18.3 Å². The Kier molecular flexibility index (Phi) is 8.08. The van der Waals surface area contributed by atoms with E-state index in [2.05, 4.69) is 49.1 Å². The molecule has 8 nitrogen and oxygen atoms in total. The van der Waals surface area contributed by atoms with Crippen LogP contribution in [0, 0.1) is 0 Å². The Morgan fingerprint density at radius 3 is 2.42 bits per heavy atom. The van der Waals surface area contributed by atoms with Crippen LogP contribution in [0.3, 0.4) is 0 Å². The van der Waals surface area contributed by atoms with Gasteiger partial charge in [0.25, 0.3) is 0 Å². The molecule has 3 heterocycles. The first kappa shape index (κ1) is 25.4. The predicted octanol–water partition coefficient (Wildman–Crippen LogP) is 4.25. The standard InChI is InChI=1S/C27H40N6O2S/c1-2-36(34,35)31-24-6-5-15-33(20-24)27-19-28-18-26(30-27)29-23-11-9-21(10-12-23)22-13-16-32(17-14-22)25-7-3-4-8-25/h9-12,18-19,22,24-25,31H,2-8,13-17,20H2,1H3,(H,29,30)/t24-/m1/s1. The van der Waals surface area contributed by atoms with Crippen LogP contribution in [0.4, 0.5) is 17.3 Å². The van der Waals surface area contributed by atoms with E-state index in [-0.39, 0.29) is 11.8 Å². The lowest BCUT2D eigenvalue weighted by Gasteiger charge is -2.36. The van der Waals surface area contributed by atoms with Gasteiger partial charge < -0.3 is 15.1 Å². The molecule has 1 atom stereocenters. The van der Waals surface area contributed by atoms with Crippen molar-refractivity contribution in [3.63, 3.8) is 0 Å². The van der Waals surface area contributed by atoms with Crippen LogP contribution in [0.1, 0.15) is 69.8 Å². The van der Waals surface area contributed by atoms with E-state index in [1.807, 2.05) is 0 Å². The molecule has 0 amide bonds. The molecular formula is C27H40N6O2S. The number of nitrogens with zero attached hydrogens (tertiary/aromatic N) is 4. The molecule has 0 spiro atoms.